The fourth-order valence-electron chi connectivity index (χ4n) is 2.24. The molecule has 0 saturated heterocycles. The molecule has 0 fully saturated rings. The van der Waals surface area contributed by atoms with E-state index in [2.05, 4.69) is 31.1 Å². The van der Waals surface area contributed by atoms with E-state index in [0.29, 0.717) is 29.0 Å². The lowest BCUT2D eigenvalue weighted by Crippen LogP contribution is -2.05. The zero-order valence-corrected chi connectivity index (χ0v) is 14.1. The van der Waals surface area contributed by atoms with Crippen LogP contribution in [0.1, 0.15) is 18.5 Å². The van der Waals surface area contributed by atoms with Crippen LogP contribution in [0.4, 0.5) is 28.8 Å². The maximum atomic E-state index is 11.1. The lowest BCUT2D eigenvalue weighted by atomic mass is 10.2. The summed E-state index contributed by atoms with van der Waals surface area (Å²) < 4.78 is 5.03. The van der Waals surface area contributed by atoms with E-state index in [-0.39, 0.29) is 5.91 Å². The van der Waals surface area contributed by atoms with Crippen LogP contribution in [0.5, 0.6) is 0 Å². The second kappa shape index (κ2) is 7.00. The molecule has 25 heavy (non-hydrogen) atoms. The Balaban J connectivity index is 1.74. The Kier molecular flexibility index (Phi) is 4.60. The molecule has 0 aliphatic heterocycles. The number of carbonyl (C=O) groups excluding carboxylic acids is 1. The first kappa shape index (κ1) is 16.4. The van der Waals surface area contributed by atoms with Gasteiger partial charge in [0.15, 0.2) is 5.82 Å². The highest BCUT2D eigenvalue weighted by Crippen LogP contribution is 2.21. The number of hydrogen-bond acceptors (Lipinski definition) is 7. The van der Waals surface area contributed by atoms with Gasteiger partial charge in [0, 0.05) is 30.4 Å². The summed E-state index contributed by atoms with van der Waals surface area (Å²) in [5.41, 5.74) is 1.58. The Hall–Kier alpha value is -3.42. The Morgan fingerprint density at radius 2 is 1.56 bits per heavy atom. The smallest absolute Gasteiger partial charge is 0.221 e. The number of amides is 1. The van der Waals surface area contributed by atoms with Gasteiger partial charge in [-0.15, -0.1) is 0 Å². The van der Waals surface area contributed by atoms with Gasteiger partial charge < -0.3 is 20.5 Å². The SMILES string of the molecule is CC(=O)Nc1ccc(Nc2cc(Nc3cc(C)on3)nc(C)n2)cc1. The van der Waals surface area contributed by atoms with Gasteiger partial charge in [0.25, 0.3) is 0 Å². The number of hydrogen-bond donors (Lipinski definition) is 3. The molecule has 0 unspecified atom stereocenters. The summed E-state index contributed by atoms with van der Waals surface area (Å²) in [6.07, 6.45) is 0. The number of nitrogens with zero attached hydrogens (tertiary/aromatic N) is 3. The van der Waals surface area contributed by atoms with Crippen LogP contribution in [0.3, 0.4) is 0 Å². The molecule has 0 aliphatic carbocycles. The Morgan fingerprint density at radius 1 is 0.920 bits per heavy atom. The summed E-state index contributed by atoms with van der Waals surface area (Å²) in [5.74, 6) is 3.06. The van der Waals surface area contributed by atoms with E-state index in [9.17, 15) is 4.79 Å². The second-order valence-electron chi connectivity index (χ2n) is 5.52. The standard InChI is InChI=1S/C17H18N6O2/c1-10-8-17(23-25-10)22-16-9-15(18-11(2)19-16)21-14-6-4-13(5-7-14)20-12(3)24/h4-9H,1-3H3,(H,20,24)(H2,18,19,21,22,23). The fourth-order valence-corrected chi connectivity index (χ4v) is 2.24. The van der Waals surface area contributed by atoms with Crippen LogP contribution >= 0.6 is 0 Å². The van der Waals surface area contributed by atoms with Crippen molar-refractivity contribution in [1.82, 2.24) is 15.1 Å². The first-order valence-corrected chi connectivity index (χ1v) is 7.68. The van der Waals surface area contributed by atoms with Gasteiger partial charge in [0.1, 0.15) is 23.2 Å². The molecule has 1 aromatic carbocycles. The number of aryl methyl sites for hydroxylation is 2. The van der Waals surface area contributed by atoms with Crippen molar-refractivity contribution in [3.63, 3.8) is 0 Å². The van der Waals surface area contributed by atoms with Gasteiger partial charge in [-0.2, -0.15) is 0 Å². The summed E-state index contributed by atoms with van der Waals surface area (Å²) in [6, 6.07) is 10.9. The number of aromatic nitrogens is 3. The molecule has 1 amide bonds. The molecular formula is C17H18N6O2. The molecule has 128 valence electrons. The maximum Gasteiger partial charge on any atom is 0.221 e. The third kappa shape index (κ3) is 4.54. The molecule has 0 aliphatic rings. The molecule has 8 heteroatoms. The summed E-state index contributed by atoms with van der Waals surface area (Å²) in [5, 5.41) is 12.9. The largest absolute Gasteiger partial charge is 0.360 e. The van der Waals surface area contributed by atoms with Gasteiger partial charge in [0.05, 0.1) is 0 Å². The molecule has 3 rings (SSSR count). The number of carbonyl (C=O) groups is 1. The summed E-state index contributed by atoms with van der Waals surface area (Å²) in [7, 11) is 0. The molecule has 2 heterocycles. The zero-order valence-electron chi connectivity index (χ0n) is 14.1. The first-order chi connectivity index (χ1) is 12.0. The summed E-state index contributed by atoms with van der Waals surface area (Å²) in [6.45, 7) is 5.10. The normalized spacial score (nSPS) is 10.4. The van der Waals surface area contributed by atoms with Crippen LogP contribution in [0.25, 0.3) is 0 Å². The van der Waals surface area contributed by atoms with E-state index in [1.54, 1.807) is 12.1 Å². The molecule has 0 bridgehead atoms. The Morgan fingerprint density at radius 3 is 2.16 bits per heavy atom. The topological polar surface area (TPSA) is 105 Å². The van der Waals surface area contributed by atoms with E-state index in [1.807, 2.05) is 38.1 Å². The highest BCUT2D eigenvalue weighted by atomic mass is 16.5. The van der Waals surface area contributed by atoms with Crippen LogP contribution in [0, 0.1) is 13.8 Å². The minimum Gasteiger partial charge on any atom is -0.360 e. The van der Waals surface area contributed by atoms with Crippen molar-refractivity contribution in [1.29, 1.82) is 0 Å². The summed E-state index contributed by atoms with van der Waals surface area (Å²) in [4.78, 5) is 19.8. The van der Waals surface area contributed by atoms with E-state index in [1.165, 1.54) is 6.92 Å². The van der Waals surface area contributed by atoms with Gasteiger partial charge in [-0.3, -0.25) is 4.79 Å². The fraction of sp³-hybridized carbons (Fsp3) is 0.176. The van der Waals surface area contributed by atoms with Gasteiger partial charge in [-0.1, -0.05) is 5.16 Å². The van der Waals surface area contributed by atoms with Gasteiger partial charge >= 0.3 is 0 Å². The summed E-state index contributed by atoms with van der Waals surface area (Å²) >= 11 is 0. The van der Waals surface area contributed by atoms with Crippen LogP contribution in [-0.2, 0) is 4.79 Å². The minimum absolute atomic E-state index is 0.106. The molecule has 3 N–H and O–H groups in total. The zero-order chi connectivity index (χ0) is 17.8. The van der Waals surface area contributed by atoms with Crippen molar-refractivity contribution < 1.29 is 9.32 Å². The lowest BCUT2D eigenvalue weighted by molar-refractivity contribution is -0.114. The van der Waals surface area contributed by atoms with E-state index in [4.69, 9.17) is 4.52 Å². The third-order valence-corrected chi connectivity index (χ3v) is 3.20. The van der Waals surface area contributed by atoms with Crippen molar-refractivity contribution in [2.75, 3.05) is 16.0 Å². The van der Waals surface area contributed by atoms with Crippen molar-refractivity contribution in [3.05, 3.63) is 48.0 Å². The van der Waals surface area contributed by atoms with Gasteiger partial charge in [0.2, 0.25) is 5.91 Å². The van der Waals surface area contributed by atoms with Crippen molar-refractivity contribution in [2.45, 2.75) is 20.8 Å². The average molecular weight is 338 g/mol. The van der Waals surface area contributed by atoms with E-state index in [0.717, 1.165) is 11.4 Å². The predicted octanol–water partition coefficient (Wildman–Crippen LogP) is 3.53. The Bertz CT molecular complexity index is 888. The highest BCUT2D eigenvalue weighted by Gasteiger charge is 2.06. The molecule has 0 radical (unpaired) electrons. The number of benzene rings is 1. The van der Waals surface area contributed by atoms with Crippen LogP contribution in [0.15, 0.2) is 40.9 Å². The quantitative estimate of drug-likeness (QED) is 0.653. The van der Waals surface area contributed by atoms with E-state index >= 15 is 0 Å². The number of nitrogens with one attached hydrogen (secondary N) is 3. The molecule has 3 aromatic rings. The maximum absolute atomic E-state index is 11.1. The van der Waals surface area contributed by atoms with Gasteiger partial charge in [-0.05, 0) is 38.1 Å². The lowest BCUT2D eigenvalue weighted by Gasteiger charge is -2.10. The number of anilines is 5. The average Bonchev–Trinajstić information content (AvgIpc) is 2.93. The second-order valence-corrected chi connectivity index (χ2v) is 5.52. The van der Waals surface area contributed by atoms with Crippen LogP contribution in [-0.4, -0.2) is 21.0 Å². The molecule has 0 atom stereocenters. The van der Waals surface area contributed by atoms with Crippen molar-refractivity contribution in [2.24, 2.45) is 0 Å². The molecule has 8 nitrogen and oxygen atoms in total. The van der Waals surface area contributed by atoms with Crippen LogP contribution < -0.4 is 16.0 Å². The van der Waals surface area contributed by atoms with Gasteiger partial charge in [-0.25, -0.2) is 9.97 Å². The first-order valence-electron chi connectivity index (χ1n) is 7.68. The molecular weight excluding hydrogens is 320 g/mol. The third-order valence-electron chi connectivity index (χ3n) is 3.20. The highest BCUT2D eigenvalue weighted by molar-refractivity contribution is 5.88. The van der Waals surface area contributed by atoms with Crippen molar-refractivity contribution in [3.8, 4) is 0 Å². The molecule has 0 spiro atoms. The predicted molar refractivity (Wildman–Crippen MR) is 95.3 cm³/mol. The Labute approximate surface area is 144 Å². The number of rotatable bonds is 5. The monoisotopic (exact) mass is 338 g/mol. The van der Waals surface area contributed by atoms with Crippen LogP contribution in [0.2, 0.25) is 0 Å². The molecule has 0 saturated carbocycles. The molecule has 2 aromatic heterocycles. The van der Waals surface area contributed by atoms with E-state index < -0.39 is 0 Å². The minimum atomic E-state index is -0.106. The van der Waals surface area contributed by atoms with Crippen molar-refractivity contribution >= 4 is 34.7 Å².